The van der Waals surface area contributed by atoms with Gasteiger partial charge in [0.15, 0.2) is 0 Å². The zero-order chi connectivity index (χ0) is 11.6. The van der Waals surface area contributed by atoms with E-state index in [1.54, 1.807) is 0 Å². The normalized spacial score (nSPS) is 23.4. The number of halogens is 2. The van der Waals surface area contributed by atoms with Crippen molar-refractivity contribution < 1.29 is 13.6 Å². The number of hydrogen-bond donors (Lipinski definition) is 2. The van der Waals surface area contributed by atoms with Crippen molar-refractivity contribution in [1.82, 2.24) is 5.32 Å². The summed E-state index contributed by atoms with van der Waals surface area (Å²) >= 11 is 0. The van der Waals surface area contributed by atoms with Gasteiger partial charge in [-0.15, -0.1) is 0 Å². The first-order valence-electron chi connectivity index (χ1n) is 4.76. The van der Waals surface area contributed by atoms with Gasteiger partial charge in [0.25, 0.3) is 5.92 Å². The first-order valence-corrected chi connectivity index (χ1v) is 4.76. The summed E-state index contributed by atoms with van der Waals surface area (Å²) in [4.78, 5) is 10.1. The monoisotopic (exact) mass is 210 g/mol. The molecule has 1 unspecified atom stereocenters. The molecular formula is C9H20F2N2O. The van der Waals surface area contributed by atoms with Crippen molar-refractivity contribution in [2.75, 3.05) is 20.1 Å². The number of hydrogen-bond acceptors (Lipinski definition) is 3. The van der Waals surface area contributed by atoms with Gasteiger partial charge in [-0.2, -0.15) is 0 Å². The van der Waals surface area contributed by atoms with Crippen LogP contribution in [0, 0.1) is 5.92 Å². The number of rotatable bonds is 1. The van der Waals surface area contributed by atoms with Gasteiger partial charge in [0.05, 0.1) is 6.54 Å². The van der Waals surface area contributed by atoms with E-state index in [0.29, 0.717) is 12.8 Å². The lowest BCUT2D eigenvalue weighted by Gasteiger charge is -2.26. The molecule has 1 atom stereocenters. The van der Waals surface area contributed by atoms with Gasteiger partial charge in [0.1, 0.15) is 6.29 Å². The highest BCUT2D eigenvalue weighted by molar-refractivity contribution is 5.54. The van der Waals surface area contributed by atoms with Crippen LogP contribution in [0.5, 0.6) is 0 Å². The fourth-order valence-corrected chi connectivity index (χ4v) is 1.06. The Balaban J connectivity index is 0. The second-order valence-electron chi connectivity index (χ2n) is 2.59. The van der Waals surface area contributed by atoms with Crippen molar-refractivity contribution in [2.45, 2.75) is 26.2 Å². The van der Waals surface area contributed by atoms with Crippen molar-refractivity contribution in [1.29, 1.82) is 0 Å². The van der Waals surface area contributed by atoms with Gasteiger partial charge in [-0.1, -0.05) is 13.8 Å². The standard InChI is InChI=1S/C6H9F2NO.C2H6.CH5N/c7-6(8)1-5(3-10)2-9-4-6;2*1-2/h3,5,9H,1-2,4H2;1-2H3;2H2,1H3. The van der Waals surface area contributed by atoms with Crippen LogP contribution in [-0.4, -0.2) is 32.3 Å². The summed E-state index contributed by atoms with van der Waals surface area (Å²) in [5, 5.41) is 2.49. The number of carbonyl (C=O) groups is 1. The fraction of sp³-hybridized carbons (Fsp3) is 0.889. The summed E-state index contributed by atoms with van der Waals surface area (Å²) in [7, 11) is 1.50. The number of carbonyl (C=O) groups excluding carboxylic acids is 1. The highest BCUT2D eigenvalue weighted by atomic mass is 19.3. The van der Waals surface area contributed by atoms with Crippen LogP contribution in [0.1, 0.15) is 20.3 Å². The summed E-state index contributed by atoms with van der Waals surface area (Å²) in [6.07, 6.45) is 0.281. The minimum Gasteiger partial charge on any atom is -0.333 e. The van der Waals surface area contributed by atoms with Gasteiger partial charge in [0, 0.05) is 18.9 Å². The van der Waals surface area contributed by atoms with Gasteiger partial charge in [-0.05, 0) is 7.05 Å². The topological polar surface area (TPSA) is 55.1 Å². The van der Waals surface area contributed by atoms with E-state index in [1.165, 1.54) is 7.05 Å². The first-order chi connectivity index (χ1) is 6.64. The van der Waals surface area contributed by atoms with Crippen LogP contribution in [0.25, 0.3) is 0 Å². The maximum absolute atomic E-state index is 12.4. The summed E-state index contributed by atoms with van der Waals surface area (Å²) in [6, 6.07) is 0. The molecule has 1 rings (SSSR count). The summed E-state index contributed by atoms with van der Waals surface area (Å²) < 4.78 is 24.8. The minimum absolute atomic E-state index is 0.294. The van der Waals surface area contributed by atoms with Crippen LogP contribution in [0.4, 0.5) is 8.78 Å². The molecule has 1 saturated heterocycles. The quantitative estimate of drug-likeness (QED) is 0.636. The van der Waals surface area contributed by atoms with E-state index in [2.05, 4.69) is 11.1 Å². The van der Waals surface area contributed by atoms with Crippen LogP contribution >= 0.6 is 0 Å². The summed E-state index contributed by atoms with van der Waals surface area (Å²) in [6.45, 7) is 4.09. The third-order valence-corrected chi connectivity index (χ3v) is 1.54. The maximum Gasteiger partial charge on any atom is 0.261 e. The third-order valence-electron chi connectivity index (χ3n) is 1.54. The lowest BCUT2D eigenvalue weighted by Crippen LogP contribution is -2.44. The molecule has 1 heterocycles. The first kappa shape index (κ1) is 15.9. The molecule has 1 aliphatic heterocycles. The van der Waals surface area contributed by atoms with E-state index < -0.39 is 11.8 Å². The van der Waals surface area contributed by atoms with Crippen molar-refractivity contribution in [3.05, 3.63) is 0 Å². The SMILES string of the molecule is CC.CN.O=CC1CNCC(F)(F)C1. The molecular weight excluding hydrogens is 190 g/mol. The van der Waals surface area contributed by atoms with Crippen molar-refractivity contribution in [3.8, 4) is 0 Å². The van der Waals surface area contributed by atoms with Crippen LogP contribution in [0.3, 0.4) is 0 Å². The van der Waals surface area contributed by atoms with E-state index in [4.69, 9.17) is 0 Å². The molecule has 3 N–H and O–H groups in total. The molecule has 0 amide bonds. The zero-order valence-corrected chi connectivity index (χ0v) is 9.02. The molecule has 0 aliphatic carbocycles. The second-order valence-corrected chi connectivity index (χ2v) is 2.59. The Labute approximate surface area is 84.0 Å². The molecule has 0 aromatic heterocycles. The van der Waals surface area contributed by atoms with Gasteiger partial charge >= 0.3 is 0 Å². The van der Waals surface area contributed by atoms with Gasteiger partial charge in [-0.25, -0.2) is 8.78 Å². The second kappa shape index (κ2) is 9.02. The Hall–Kier alpha value is -0.550. The van der Waals surface area contributed by atoms with Crippen LogP contribution in [0.2, 0.25) is 0 Å². The Bertz CT molecular complexity index is 143. The zero-order valence-electron chi connectivity index (χ0n) is 9.02. The molecule has 0 saturated carbocycles. The molecule has 0 aromatic carbocycles. The number of nitrogens with two attached hydrogens (primary N) is 1. The van der Waals surface area contributed by atoms with E-state index in [0.717, 1.165) is 0 Å². The molecule has 5 heteroatoms. The summed E-state index contributed by atoms with van der Waals surface area (Å²) in [5.74, 6) is -3.20. The average Bonchev–Trinajstić information content (AvgIpc) is 2.22. The molecule has 0 aromatic rings. The van der Waals surface area contributed by atoms with Gasteiger partial charge < -0.3 is 15.8 Å². The highest BCUT2D eigenvalue weighted by Gasteiger charge is 2.35. The number of nitrogens with one attached hydrogen (secondary N) is 1. The van der Waals surface area contributed by atoms with E-state index >= 15 is 0 Å². The predicted octanol–water partition coefficient (Wildman–Crippen LogP) is 1.03. The molecule has 1 aliphatic rings. The van der Waals surface area contributed by atoms with Crippen LogP contribution in [-0.2, 0) is 4.79 Å². The lowest BCUT2D eigenvalue weighted by molar-refractivity contribution is -0.116. The largest absolute Gasteiger partial charge is 0.333 e. The van der Waals surface area contributed by atoms with Crippen molar-refractivity contribution in [2.24, 2.45) is 11.7 Å². The van der Waals surface area contributed by atoms with Gasteiger partial charge in [0.2, 0.25) is 0 Å². The predicted molar refractivity (Wildman–Crippen MR) is 53.4 cm³/mol. The molecule has 0 spiro atoms. The molecule has 86 valence electrons. The Morgan fingerprint density at radius 3 is 2.21 bits per heavy atom. The molecule has 0 bridgehead atoms. The smallest absolute Gasteiger partial charge is 0.261 e. The fourth-order valence-electron chi connectivity index (χ4n) is 1.06. The maximum atomic E-state index is 12.4. The highest BCUT2D eigenvalue weighted by Crippen LogP contribution is 2.24. The minimum atomic E-state index is -2.69. The van der Waals surface area contributed by atoms with E-state index in [1.807, 2.05) is 13.8 Å². The van der Waals surface area contributed by atoms with E-state index in [-0.39, 0.29) is 13.0 Å². The Morgan fingerprint density at radius 1 is 1.43 bits per heavy atom. The molecule has 0 radical (unpaired) electrons. The Kier molecular flexibility index (Phi) is 10.2. The molecule has 3 nitrogen and oxygen atoms in total. The number of alkyl halides is 2. The van der Waals surface area contributed by atoms with Crippen LogP contribution < -0.4 is 11.1 Å². The third kappa shape index (κ3) is 6.91. The molecule has 14 heavy (non-hydrogen) atoms. The molecule has 1 fully saturated rings. The average molecular weight is 210 g/mol. The number of aldehydes is 1. The van der Waals surface area contributed by atoms with Gasteiger partial charge in [-0.3, -0.25) is 0 Å². The van der Waals surface area contributed by atoms with Crippen molar-refractivity contribution >= 4 is 6.29 Å². The number of piperidine rings is 1. The Morgan fingerprint density at radius 2 is 1.93 bits per heavy atom. The summed E-state index contributed by atoms with van der Waals surface area (Å²) in [5.41, 5.74) is 4.50. The van der Waals surface area contributed by atoms with Crippen LogP contribution in [0.15, 0.2) is 0 Å². The van der Waals surface area contributed by atoms with E-state index in [9.17, 15) is 13.6 Å². The lowest BCUT2D eigenvalue weighted by atomic mass is 9.99. The van der Waals surface area contributed by atoms with Crippen molar-refractivity contribution in [3.63, 3.8) is 0 Å².